The lowest BCUT2D eigenvalue weighted by Gasteiger charge is -2.10. The van der Waals surface area contributed by atoms with Crippen molar-refractivity contribution in [3.05, 3.63) is 105 Å². The molecule has 2 N–H and O–H groups in total. The molecule has 0 unspecified atom stereocenters. The van der Waals surface area contributed by atoms with Crippen LogP contribution in [0.4, 0.5) is 0 Å². The Bertz CT molecular complexity index is 1450. The van der Waals surface area contributed by atoms with Crippen LogP contribution in [-0.4, -0.2) is 10.5 Å². The largest absolute Gasteiger partial charge is 0.366 e. The number of halogens is 2. The van der Waals surface area contributed by atoms with Gasteiger partial charge in [-0.1, -0.05) is 41.9 Å². The summed E-state index contributed by atoms with van der Waals surface area (Å²) >= 11 is 8.39. The zero-order valence-electron chi connectivity index (χ0n) is 16.4. The lowest BCUT2D eigenvalue weighted by atomic mass is 10.0. The van der Waals surface area contributed by atoms with Crippen molar-refractivity contribution in [1.29, 1.82) is 0 Å². The van der Waals surface area contributed by atoms with Crippen molar-refractivity contribution < 1.29 is 4.79 Å². The Kier molecular flexibility index (Phi) is 5.20. The Balaban J connectivity index is 1.80. The second kappa shape index (κ2) is 8.02. The number of hydrogen-bond acceptors (Lipinski definition) is 1. The van der Waals surface area contributed by atoms with Gasteiger partial charge < -0.3 is 10.3 Å². The molecular weight excluding hydrogens is 519 g/mol. The van der Waals surface area contributed by atoms with Crippen LogP contribution in [-0.2, 0) is 6.54 Å². The predicted octanol–water partition coefficient (Wildman–Crippen LogP) is 6.67. The molecule has 0 saturated carbocycles. The minimum Gasteiger partial charge on any atom is -0.366 e. The van der Waals surface area contributed by atoms with Gasteiger partial charge in [0.2, 0.25) is 5.91 Å². The molecule has 0 bridgehead atoms. The van der Waals surface area contributed by atoms with Gasteiger partial charge in [-0.3, -0.25) is 4.79 Å². The van der Waals surface area contributed by atoms with Crippen molar-refractivity contribution in [2.24, 2.45) is 5.73 Å². The number of benzene rings is 4. The van der Waals surface area contributed by atoms with E-state index < -0.39 is 5.91 Å². The molecule has 0 aliphatic heterocycles. The van der Waals surface area contributed by atoms with Crippen molar-refractivity contribution in [2.75, 3.05) is 0 Å². The summed E-state index contributed by atoms with van der Waals surface area (Å²) in [6, 6.07) is 29.4. The summed E-state index contributed by atoms with van der Waals surface area (Å²) in [5.74, 6) is -0.436. The van der Waals surface area contributed by atoms with E-state index >= 15 is 0 Å². The quantitative estimate of drug-likeness (QED) is 0.257. The Morgan fingerprint density at radius 3 is 2.48 bits per heavy atom. The van der Waals surface area contributed by atoms with Gasteiger partial charge in [0.25, 0.3) is 0 Å². The number of rotatable bonds is 4. The molecule has 4 aromatic carbocycles. The number of carbonyl (C=O) groups is 1. The number of aromatic nitrogens is 1. The van der Waals surface area contributed by atoms with E-state index in [1.807, 2.05) is 42.5 Å². The summed E-state index contributed by atoms with van der Waals surface area (Å²) in [5.41, 5.74) is 11.5. The predicted molar refractivity (Wildman–Crippen MR) is 136 cm³/mol. The number of hydrogen-bond donors (Lipinski definition) is 1. The fourth-order valence-corrected chi connectivity index (χ4v) is 4.79. The van der Waals surface area contributed by atoms with Crippen LogP contribution in [0.5, 0.6) is 0 Å². The van der Waals surface area contributed by atoms with Crippen LogP contribution in [0, 0.1) is 9.64 Å². The van der Waals surface area contributed by atoms with E-state index in [-0.39, 0.29) is 0 Å². The third-order valence-electron chi connectivity index (χ3n) is 5.47. The molecule has 1 aromatic heterocycles. The molecule has 1 heterocycles. The van der Waals surface area contributed by atoms with Gasteiger partial charge in [0.1, 0.15) is 0 Å². The van der Waals surface area contributed by atoms with Crippen LogP contribution in [0.15, 0.2) is 78.9 Å². The van der Waals surface area contributed by atoms with Crippen molar-refractivity contribution in [2.45, 2.75) is 6.54 Å². The summed E-state index contributed by atoms with van der Waals surface area (Å²) in [5, 5.41) is 2.44. The Labute approximate surface area is 198 Å². The molecule has 3 nitrogen and oxygen atoms in total. The van der Waals surface area contributed by atoms with Crippen LogP contribution in [0.1, 0.15) is 15.9 Å². The highest BCUT2D eigenvalue weighted by atomic mass is 127. The smallest absolute Gasteiger partial charge is 0.249 e. The fraction of sp³-hybridized carbons (Fsp3) is 0.0385. The average Bonchev–Trinajstić information content (AvgIpc) is 3.07. The maximum absolute atomic E-state index is 12.2. The van der Waals surface area contributed by atoms with E-state index in [4.69, 9.17) is 17.3 Å². The van der Waals surface area contributed by atoms with Gasteiger partial charge in [-0.05, 0) is 93.9 Å². The van der Waals surface area contributed by atoms with Gasteiger partial charge in [-0.25, -0.2) is 0 Å². The average molecular weight is 536 g/mol. The minimum absolute atomic E-state index is 0.436. The van der Waals surface area contributed by atoms with E-state index in [2.05, 4.69) is 63.6 Å². The van der Waals surface area contributed by atoms with E-state index in [1.54, 1.807) is 6.07 Å². The molecule has 0 spiro atoms. The summed E-state index contributed by atoms with van der Waals surface area (Å²) in [7, 11) is 0. The van der Waals surface area contributed by atoms with Crippen LogP contribution >= 0.6 is 34.2 Å². The van der Waals surface area contributed by atoms with E-state index in [0.29, 0.717) is 17.1 Å². The molecule has 0 atom stereocenters. The second-order valence-electron chi connectivity index (χ2n) is 7.44. The van der Waals surface area contributed by atoms with E-state index in [0.717, 1.165) is 32.9 Å². The first-order valence-corrected chi connectivity index (χ1v) is 11.2. The van der Waals surface area contributed by atoms with Crippen LogP contribution in [0.2, 0.25) is 5.02 Å². The SMILES string of the molecule is NC(=O)c1cccc2c1c1[c]cc(-c3ccc(Cl)cc3)cc1n2Cc1cccc(I)c1. The number of carbonyl (C=O) groups excluding carboxylic acids is 1. The summed E-state index contributed by atoms with van der Waals surface area (Å²) < 4.78 is 3.42. The van der Waals surface area contributed by atoms with Gasteiger partial charge >= 0.3 is 0 Å². The molecule has 0 saturated heterocycles. The van der Waals surface area contributed by atoms with Crippen LogP contribution in [0.25, 0.3) is 32.9 Å². The van der Waals surface area contributed by atoms with Crippen molar-refractivity contribution in [3.8, 4) is 11.1 Å². The monoisotopic (exact) mass is 535 g/mol. The molecule has 0 aliphatic carbocycles. The first kappa shape index (κ1) is 20.1. The fourth-order valence-electron chi connectivity index (χ4n) is 4.06. The number of amides is 1. The lowest BCUT2D eigenvalue weighted by molar-refractivity contribution is 0.100. The molecule has 0 aliphatic rings. The Morgan fingerprint density at radius 1 is 0.968 bits per heavy atom. The van der Waals surface area contributed by atoms with E-state index in [1.165, 1.54) is 9.13 Å². The molecule has 5 heteroatoms. The first-order valence-electron chi connectivity index (χ1n) is 9.78. The van der Waals surface area contributed by atoms with Gasteiger partial charge in [-0.2, -0.15) is 0 Å². The number of fused-ring (bicyclic) bond motifs is 3. The molecule has 5 aromatic rings. The summed E-state index contributed by atoms with van der Waals surface area (Å²) in [6.45, 7) is 0.678. The highest BCUT2D eigenvalue weighted by molar-refractivity contribution is 14.1. The van der Waals surface area contributed by atoms with Crippen LogP contribution < -0.4 is 5.73 Å². The van der Waals surface area contributed by atoms with Crippen LogP contribution in [0.3, 0.4) is 0 Å². The second-order valence-corrected chi connectivity index (χ2v) is 9.12. The normalized spacial score (nSPS) is 11.3. The molecule has 151 valence electrons. The first-order chi connectivity index (χ1) is 15.0. The third-order valence-corrected chi connectivity index (χ3v) is 6.39. The lowest BCUT2D eigenvalue weighted by Crippen LogP contribution is -2.11. The molecule has 1 amide bonds. The van der Waals surface area contributed by atoms with Crippen molar-refractivity contribution in [1.82, 2.24) is 4.57 Å². The maximum atomic E-state index is 12.2. The van der Waals surface area contributed by atoms with Crippen molar-refractivity contribution >= 4 is 61.9 Å². The van der Waals surface area contributed by atoms with Gasteiger partial charge in [0.05, 0.1) is 11.0 Å². The third kappa shape index (κ3) is 3.70. The highest BCUT2D eigenvalue weighted by Gasteiger charge is 2.17. The zero-order chi connectivity index (χ0) is 21.5. The zero-order valence-corrected chi connectivity index (χ0v) is 19.3. The number of primary amides is 1. The van der Waals surface area contributed by atoms with Gasteiger partial charge in [0.15, 0.2) is 0 Å². The van der Waals surface area contributed by atoms with Gasteiger partial charge in [-0.15, -0.1) is 0 Å². The molecule has 1 radical (unpaired) electrons. The molecular formula is C26H17ClIN2O. The summed E-state index contributed by atoms with van der Waals surface area (Å²) in [4.78, 5) is 12.2. The maximum Gasteiger partial charge on any atom is 0.249 e. The molecule has 5 rings (SSSR count). The summed E-state index contributed by atoms with van der Waals surface area (Å²) in [6.07, 6.45) is 0. The minimum atomic E-state index is -0.436. The Hall–Kier alpha value is -2.83. The standard InChI is InChI=1S/C26H17ClIN2O/c27-19-10-7-17(8-11-19)18-9-12-21-24(14-18)30(15-16-3-1-4-20(28)13-16)23-6-2-5-22(25(21)23)26(29)31/h1-11,13-14H,15H2,(H2,29,31). The topological polar surface area (TPSA) is 48.0 Å². The highest BCUT2D eigenvalue weighted by Crippen LogP contribution is 2.35. The number of nitrogens with two attached hydrogens (primary N) is 1. The molecule has 31 heavy (non-hydrogen) atoms. The number of nitrogens with zero attached hydrogens (tertiary/aromatic N) is 1. The van der Waals surface area contributed by atoms with Crippen molar-refractivity contribution in [3.63, 3.8) is 0 Å². The van der Waals surface area contributed by atoms with Gasteiger partial charge in [0, 0.05) is 31.5 Å². The van der Waals surface area contributed by atoms with E-state index in [9.17, 15) is 4.79 Å². The molecule has 0 fully saturated rings. The Morgan fingerprint density at radius 2 is 1.74 bits per heavy atom.